The maximum atomic E-state index is 13.7. The quantitative estimate of drug-likeness (QED) is 0.510. The highest BCUT2D eigenvalue weighted by Gasteiger charge is 2.22. The average molecular weight is 399 g/mol. The number of halogens is 1. The van der Waals surface area contributed by atoms with Gasteiger partial charge in [0, 0.05) is 10.3 Å². The molecule has 4 rings (SSSR count). The van der Waals surface area contributed by atoms with Gasteiger partial charge in [-0.3, -0.25) is 0 Å². The van der Waals surface area contributed by atoms with Crippen LogP contribution < -0.4 is 0 Å². The van der Waals surface area contributed by atoms with E-state index >= 15 is 0 Å². The number of ether oxygens (including phenoxy) is 1. The van der Waals surface area contributed by atoms with Crippen molar-refractivity contribution < 1.29 is 13.9 Å². The number of esters is 1. The van der Waals surface area contributed by atoms with Gasteiger partial charge in [0.15, 0.2) is 5.69 Å². The van der Waals surface area contributed by atoms with Crippen LogP contribution in [0, 0.1) is 11.7 Å². The zero-order chi connectivity index (χ0) is 19.5. The van der Waals surface area contributed by atoms with E-state index in [-0.39, 0.29) is 18.1 Å². The van der Waals surface area contributed by atoms with Gasteiger partial charge < -0.3 is 4.74 Å². The molecular formula is C22H23FN2O2S. The number of hydrogen-bond donors (Lipinski definition) is 0. The molecule has 28 heavy (non-hydrogen) atoms. The van der Waals surface area contributed by atoms with E-state index in [1.165, 1.54) is 55.6 Å². The molecule has 3 aromatic rings. The maximum absolute atomic E-state index is 13.7. The monoisotopic (exact) mass is 398 g/mol. The molecule has 0 unspecified atom stereocenters. The van der Waals surface area contributed by atoms with Gasteiger partial charge in [-0.2, -0.15) is 5.10 Å². The maximum Gasteiger partial charge on any atom is 0.360 e. The minimum atomic E-state index is -0.461. The van der Waals surface area contributed by atoms with E-state index in [1.54, 1.807) is 13.0 Å². The Labute approximate surface area is 167 Å². The highest BCUT2D eigenvalue weighted by atomic mass is 32.1. The number of rotatable bonds is 5. The second-order valence-electron chi connectivity index (χ2n) is 7.29. The van der Waals surface area contributed by atoms with E-state index in [0.717, 1.165) is 32.6 Å². The van der Waals surface area contributed by atoms with Crippen molar-refractivity contribution in [1.82, 2.24) is 10.2 Å². The minimum Gasteiger partial charge on any atom is -0.461 e. The zero-order valence-electron chi connectivity index (χ0n) is 15.9. The molecule has 1 aliphatic carbocycles. The minimum absolute atomic E-state index is 0.247. The van der Waals surface area contributed by atoms with Crippen LogP contribution in [0.3, 0.4) is 0 Å². The van der Waals surface area contributed by atoms with Gasteiger partial charge >= 0.3 is 5.97 Å². The van der Waals surface area contributed by atoms with Crippen molar-refractivity contribution in [3.05, 3.63) is 47.5 Å². The molecular weight excluding hydrogens is 375 g/mol. The lowest BCUT2D eigenvalue weighted by atomic mass is 9.85. The van der Waals surface area contributed by atoms with Crippen molar-refractivity contribution in [2.24, 2.45) is 5.92 Å². The molecule has 1 aliphatic rings. The van der Waals surface area contributed by atoms with Crippen LogP contribution in [0.15, 0.2) is 30.3 Å². The molecule has 1 aromatic carbocycles. The third-order valence-electron chi connectivity index (χ3n) is 5.31. The smallest absolute Gasteiger partial charge is 0.360 e. The molecule has 2 aromatic heterocycles. The van der Waals surface area contributed by atoms with Gasteiger partial charge in [0.2, 0.25) is 0 Å². The highest BCUT2D eigenvalue weighted by Crippen LogP contribution is 2.38. The lowest BCUT2D eigenvalue weighted by molar-refractivity contribution is 0.0521. The largest absolute Gasteiger partial charge is 0.461 e. The number of benzene rings is 1. The number of carbonyl (C=O) groups is 1. The first-order valence-electron chi connectivity index (χ1n) is 9.88. The molecule has 146 valence electrons. The molecule has 0 aliphatic heterocycles. The SMILES string of the molecule is CCOC(=O)c1nnc(CC2CCCCC2)c2cc(-c3cccc(F)c3)sc12. The van der Waals surface area contributed by atoms with Crippen LogP contribution in [0.5, 0.6) is 0 Å². The zero-order valence-corrected chi connectivity index (χ0v) is 16.7. The van der Waals surface area contributed by atoms with Gasteiger partial charge in [0.1, 0.15) is 5.82 Å². The topological polar surface area (TPSA) is 52.1 Å². The average Bonchev–Trinajstić information content (AvgIpc) is 3.15. The van der Waals surface area contributed by atoms with Crippen LogP contribution in [0.1, 0.15) is 55.2 Å². The normalized spacial score (nSPS) is 15.1. The summed E-state index contributed by atoms with van der Waals surface area (Å²) in [6, 6.07) is 8.53. The predicted molar refractivity (Wildman–Crippen MR) is 109 cm³/mol. The summed E-state index contributed by atoms with van der Waals surface area (Å²) in [5.74, 6) is -0.131. The number of carbonyl (C=O) groups excluding carboxylic acids is 1. The fourth-order valence-corrected chi connectivity index (χ4v) is 5.07. The first-order valence-corrected chi connectivity index (χ1v) is 10.7. The lowest BCUT2D eigenvalue weighted by Gasteiger charge is -2.21. The van der Waals surface area contributed by atoms with E-state index in [2.05, 4.69) is 10.2 Å². The van der Waals surface area contributed by atoms with Gasteiger partial charge in [-0.1, -0.05) is 44.2 Å². The molecule has 1 saturated carbocycles. The Morgan fingerprint density at radius 3 is 2.79 bits per heavy atom. The Hall–Kier alpha value is -2.34. The summed E-state index contributed by atoms with van der Waals surface area (Å²) in [5.41, 5.74) is 1.96. The van der Waals surface area contributed by atoms with Crippen LogP contribution in [0.25, 0.3) is 20.5 Å². The summed E-state index contributed by atoms with van der Waals surface area (Å²) >= 11 is 1.45. The second-order valence-corrected chi connectivity index (χ2v) is 8.34. The number of hydrogen-bond acceptors (Lipinski definition) is 5. The second kappa shape index (κ2) is 8.35. The van der Waals surface area contributed by atoms with Crippen LogP contribution in [-0.2, 0) is 11.2 Å². The number of fused-ring (bicyclic) bond motifs is 1. The van der Waals surface area contributed by atoms with Crippen LogP contribution in [0.2, 0.25) is 0 Å². The van der Waals surface area contributed by atoms with Crippen molar-refractivity contribution in [2.45, 2.75) is 45.4 Å². The summed E-state index contributed by atoms with van der Waals surface area (Å²) in [5, 5.41) is 9.58. The Balaban J connectivity index is 1.79. The Bertz CT molecular complexity index is 995. The van der Waals surface area contributed by atoms with Gasteiger partial charge in [-0.25, -0.2) is 9.18 Å². The van der Waals surface area contributed by atoms with E-state index in [1.807, 2.05) is 12.1 Å². The first-order chi connectivity index (χ1) is 13.7. The Morgan fingerprint density at radius 2 is 2.04 bits per heavy atom. The Kier molecular flexibility index (Phi) is 5.67. The summed E-state index contributed by atoms with van der Waals surface area (Å²) in [7, 11) is 0. The van der Waals surface area contributed by atoms with Crippen molar-refractivity contribution in [2.75, 3.05) is 6.61 Å². The van der Waals surface area contributed by atoms with Crippen molar-refractivity contribution in [1.29, 1.82) is 0 Å². The number of aromatic nitrogens is 2. The predicted octanol–water partition coefficient (Wildman–Crippen LogP) is 5.80. The Morgan fingerprint density at radius 1 is 1.21 bits per heavy atom. The molecule has 0 N–H and O–H groups in total. The summed E-state index contributed by atoms with van der Waals surface area (Å²) in [4.78, 5) is 13.3. The van der Waals surface area contributed by atoms with Gasteiger partial charge in [0.05, 0.1) is 17.0 Å². The fourth-order valence-electron chi connectivity index (χ4n) is 3.92. The molecule has 6 heteroatoms. The fraction of sp³-hybridized carbons (Fsp3) is 0.409. The van der Waals surface area contributed by atoms with Crippen LogP contribution >= 0.6 is 11.3 Å². The summed E-state index contributed by atoms with van der Waals surface area (Å²) < 4.78 is 19.7. The first kappa shape index (κ1) is 19.0. The van der Waals surface area contributed by atoms with Crippen LogP contribution in [0.4, 0.5) is 4.39 Å². The van der Waals surface area contributed by atoms with Gasteiger partial charge in [-0.15, -0.1) is 16.4 Å². The molecule has 2 heterocycles. The highest BCUT2D eigenvalue weighted by molar-refractivity contribution is 7.22. The molecule has 0 atom stereocenters. The lowest BCUT2D eigenvalue weighted by Crippen LogP contribution is -2.13. The third-order valence-corrected chi connectivity index (χ3v) is 6.50. The van der Waals surface area contributed by atoms with E-state index in [0.29, 0.717) is 5.92 Å². The molecule has 0 bridgehead atoms. The third kappa shape index (κ3) is 3.92. The van der Waals surface area contributed by atoms with E-state index in [4.69, 9.17) is 4.74 Å². The van der Waals surface area contributed by atoms with Gasteiger partial charge in [0.25, 0.3) is 0 Å². The van der Waals surface area contributed by atoms with Crippen molar-refractivity contribution >= 4 is 27.4 Å². The van der Waals surface area contributed by atoms with E-state index < -0.39 is 5.97 Å². The molecule has 0 saturated heterocycles. The summed E-state index contributed by atoms with van der Waals surface area (Å²) in [6.45, 7) is 2.06. The summed E-state index contributed by atoms with van der Waals surface area (Å²) in [6.07, 6.45) is 7.13. The van der Waals surface area contributed by atoms with E-state index in [9.17, 15) is 9.18 Å². The molecule has 0 radical (unpaired) electrons. The van der Waals surface area contributed by atoms with Gasteiger partial charge in [-0.05, 0) is 43.0 Å². The molecule has 1 fully saturated rings. The number of nitrogens with zero attached hydrogens (tertiary/aromatic N) is 2. The standard InChI is InChI=1S/C22H23FN2O2S/c1-2-27-22(26)20-21-17(13-19(28-21)15-9-6-10-16(23)12-15)18(24-25-20)11-14-7-4-3-5-8-14/h6,9-10,12-14H,2-5,7-8,11H2,1H3. The molecule has 4 nitrogen and oxygen atoms in total. The molecule has 0 amide bonds. The number of thiophene rings is 1. The van der Waals surface area contributed by atoms with Crippen molar-refractivity contribution in [3.63, 3.8) is 0 Å². The van der Waals surface area contributed by atoms with Crippen LogP contribution in [-0.4, -0.2) is 22.8 Å². The van der Waals surface area contributed by atoms with Crippen molar-refractivity contribution in [3.8, 4) is 10.4 Å². The molecule has 0 spiro atoms.